The maximum Gasteiger partial charge on any atom is 0.221 e. The minimum absolute atomic E-state index is 0.205. The van der Waals surface area contributed by atoms with Crippen molar-refractivity contribution in [1.82, 2.24) is 15.5 Å². The van der Waals surface area contributed by atoms with Gasteiger partial charge in [-0.2, -0.15) is 0 Å². The maximum absolute atomic E-state index is 11.2. The Labute approximate surface area is 85.0 Å². The number of nitrogens with one attached hydrogen (secondary N) is 2. The summed E-state index contributed by atoms with van der Waals surface area (Å²) in [7, 11) is 0. The zero-order chi connectivity index (χ0) is 9.80. The van der Waals surface area contributed by atoms with Crippen LogP contribution >= 0.6 is 0 Å². The Morgan fingerprint density at radius 2 is 2.21 bits per heavy atom. The van der Waals surface area contributed by atoms with Crippen LogP contribution in [0.25, 0.3) is 0 Å². The van der Waals surface area contributed by atoms with Crippen LogP contribution in [-0.2, 0) is 4.79 Å². The average Bonchev–Trinajstić information content (AvgIpc) is 2.44. The van der Waals surface area contributed by atoms with Crippen molar-refractivity contribution >= 4 is 5.91 Å². The van der Waals surface area contributed by atoms with Crippen LogP contribution in [0.5, 0.6) is 0 Å². The molecule has 0 radical (unpaired) electrons. The van der Waals surface area contributed by atoms with Gasteiger partial charge in [0.1, 0.15) is 0 Å². The molecule has 0 aromatic rings. The SMILES string of the molecule is O=C1CCN(C2CCCNC2)CCN1. The fraction of sp³-hybridized carbons (Fsp3) is 0.900. The maximum atomic E-state index is 11.2. The molecule has 0 aliphatic carbocycles. The topological polar surface area (TPSA) is 44.4 Å². The van der Waals surface area contributed by atoms with Crippen LogP contribution in [-0.4, -0.2) is 49.6 Å². The molecule has 2 fully saturated rings. The fourth-order valence-electron chi connectivity index (χ4n) is 2.29. The summed E-state index contributed by atoms with van der Waals surface area (Å²) in [4.78, 5) is 13.6. The number of carbonyl (C=O) groups excluding carboxylic acids is 1. The number of nitrogens with zero attached hydrogens (tertiary/aromatic N) is 1. The van der Waals surface area contributed by atoms with Crippen LogP contribution < -0.4 is 10.6 Å². The quantitative estimate of drug-likeness (QED) is 0.599. The van der Waals surface area contributed by atoms with E-state index in [-0.39, 0.29) is 5.91 Å². The van der Waals surface area contributed by atoms with E-state index in [1.165, 1.54) is 12.8 Å². The molecular weight excluding hydrogens is 178 g/mol. The Morgan fingerprint density at radius 1 is 1.29 bits per heavy atom. The highest BCUT2D eigenvalue weighted by molar-refractivity contribution is 5.76. The van der Waals surface area contributed by atoms with Crippen molar-refractivity contribution in [2.75, 3.05) is 32.7 Å². The molecular formula is C10H19N3O. The Morgan fingerprint density at radius 3 is 3.00 bits per heavy atom. The Balaban J connectivity index is 1.86. The number of piperidine rings is 1. The fourth-order valence-corrected chi connectivity index (χ4v) is 2.29. The monoisotopic (exact) mass is 197 g/mol. The molecule has 0 spiro atoms. The number of carbonyl (C=O) groups is 1. The Bertz CT molecular complexity index is 202. The molecule has 4 heteroatoms. The molecule has 2 aliphatic heterocycles. The van der Waals surface area contributed by atoms with Crippen molar-refractivity contribution in [3.8, 4) is 0 Å². The van der Waals surface area contributed by atoms with Gasteiger partial charge in [-0.15, -0.1) is 0 Å². The van der Waals surface area contributed by atoms with E-state index < -0.39 is 0 Å². The van der Waals surface area contributed by atoms with Crippen molar-refractivity contribution in [3.05, 3.63) is 0 Å². The molecule has 1 amide bonds. The van der Waals surface area contributed by atoms with Gasteiger partial charge in [-0.1, -0.05) is 0 Å². The molecule has 0 aromatic heterocycles. The summed E-state index contributed by atoms with van der Waals surface area (Å²) in [5.41, 5.74) is 0. The highest BCUT2D eigenvalue weighted by Gasteiger charge is 2.22. The van der Waals surface area contributed by atoms with E-state index in [0.717, 1.165) is 32.7 Å². The van der Waals surface area contributed by atoms with Crippen molar-refractivity contribution in [2.24, 2.45) is 0 Å². The number of amides is 1. The zero-order valence-electron chi connectivity index (χ0n) is 8.59. The third kappa shape index (κ3) is 2.45. The normalized spacial score (nSPS) is 30.9. The predicted molar refractivity (Wildman–Crippen MR) is 55.1 cm³/mol. The van der Waals surface area contributed by atoms with Crippen LogP contribution in [0.2, 0.25) is 0 Å². The summed E-state index contributed by atoms with van der Waals surface area (Å²) >= 11 is 0. The van der Waals surface area contributed by atoms with Gasteiger partial charge < -0.3 is 10.6 Å². The smallest absolute Gasteiger partial charge is 0.221 e. The van der Waals surface area contributed by atoms with Gasteiger partial charge in [-0.05, 0) is 19.4 Å². The molecule has 0 saturated carbocycles. The first-order valence-electron chi connectivity index (χ1n) is 5.58. The van der Waals surface area contributed by atoms with Gasteiger partial charge in [-0.3, -0.25) is 9.69 Å². The van der Waals surface area contributed by atoms with Crippen molar-refractivity contribution in [1.29, 1.82) is 0 Å². The number of hydrogen-bond acceptors (Lipinski definition) is 3. The summed E-state index contributed by atoms with van der Waals surface area (Å²) < 4.78 is 0. The lowest BCUT2D eigenvalue weighted by Crippen LogP contribution is -2.47. The van der Waals surface area contributed by atoms with Gasteiger partial charge in [0.2, 0.25) is 5.91 Å². The van der Waals surface area contributed by atoms with Crippen LogP contribution in [0.1, 0.15) is 19.3 Å². The van der Waals surface area contributed by atoms with Crippen molar-refractivity contribution < 1.29 is 4.79 Å². The molecule has 80 valence electrons. The van der Waals surface area contributed by atoms with E-state index in [1.54, 1.807) is 0 Å². The lowest BCUT2D eigenvalue weighted by molar-refractivity contribution is -0.120. The molecule has 2 rings (SSSR count). The zero-order valence-corrected chi connectivity index (χ0v) is 8.59. The highest BCUT2D eigenvalue weighted by Crippen LogP contribution is 2.11. The van der Waals surface area contributed by atoms with Crippen molar-refractivity contribution in [2.45, 2.75) is 25.3 Å². The molecule has 2 heterocycles. The van der Waals surface area contributed by atoms with Crippen LogP contribution in [0.3, 0.4) is 0 Å². The molecule has 1 unspecified atom stereocenters. The molecule has 2 aliphatic rings. The van der Waals surface area contributed by atoms with Crippen LogP contribution in [0.15, 0.2) is 0 Å². The first-order chi connectivity index (χ1) is 6.86. The molecule has 0 bridgehead atoms. The Hall–Kier alpha value is -0.610. The average molecular weight is 197 g/mol. The second-order valence-electron chi connectivity index (χ2n) is 4.14. The molecule has 4 nitrogen and oxygen atoms in total. The molecule has 2 saturated heterocycles. The van der Waals surface area contributed by atoms with Crippen LogP contribution in [0, 0.1) is 0 Å². The standard InChI is InChI=1S/C10H19N3O/c14-10-3-6-13(7-5-12-10)9-2-1-4-11-8-9/h9,11H,1-8H2,(H,12,14). The molecule has 14 heavy (non-hydrogen) atoms. The second kappa shape index (κ2) is 4.75. The van der Waals surface area contributed by atoms with E-state index in [4.69, 9.17) is 0 Å². The molecule has 1 atom stereocenters. The summed E-state index contributed by atoms with van der Waals surface area (Å²) in [6.07, 6.45) is 3.21. The van der Waals surface area contributed by atoms with Crippen molar-refractivity contribution in [3.63, 3.8) is 0 Å². The minimum atomic E-state index is 0.205. The summed E-state index contributed by atoms with van der Waals surface area (Å²) in [5, 5.41) is 6.33. The van der Waals surface area contributed by atoms with Gasteiger partial charge in [0.05, 0.1) is 0 Å². The van der Waals surface area contributed by atoms with Gasteiger partial charge in [0.15, 0.2) is 0 Å². The highest BCUT2D eigenvalue weighted by atomic mass is 16.1. The van der Waals surface area contributed by atoms with Crippen LogP contribution in [0.4, 0.5) is 0 Å². The molecule has 0 aromatic carbocycles. The lowest BCUT2D eigenvalue weighted by Gasteiger charge is -2.33. The van der Waals surface area contributed by atoms with Gasteiger partial charge in [0, 0.05) is 38.6 Å². The summed E-state index contributed by atoms with van der Waals surface area (Å²) in [5.74, 6) is 0.205. The third-order valence-electron chi connectivity index (χ3n) is 3.13. The first kappa shape index (κ1) is 9.93. The summed E-state index contributed by atoms with van der Waals surface area (Å²) in [6.45, 7) is 5.00. The number of hydrogen-bond donors (Lipinski definition) is 2. The minimum Gasteiger partial charge on any atom is -0.355 e. The Kier molecular flexibility index (Phi) is 3.37. The lowest BCUT2D eigenvalue weighted by atomic mass is 10.1. The first-order valence-corrected chi connectivity index (χ1v) is 5.58. The molecule has 2 N–H and O–H groups in total. The summed E-state index contributed by atoms with van der Waals surface area (Å²) in [6, 6.07) is 0.649. The van der Waals surface area contributed by atoms with E-state index >= 15 is 0 Å². The van der Waals surface area contributed by atoms with E-state index in [2.05, 4.69) is 15.5 Å². The van der Waals surface area contributed by atoms with E-state index in [9.17, 15) is 4.79 Å². The van der Waals surface area contributed by atoms with Gasteiger partial charge >= 0.3 is 0 Å². The largest absolute Gasteiger partial charge is 0.355 e. The third-order valence-corrected chi connectivity index (χ3v) is 3.13. The number of rotatable bonds is 1. The van der Waals surface area contributed by atoms with E-state index in [0.29, 0.717) is 12.5 Å². The predicted octanol–water partition coefficient (Wildman–Crippen LogP) is -0.440. The van der Waals surface area contributed by atoms with Gasteiger partial charge in [0.25, 0.3) is 0 Å². The van der Waals surface area contributed by atoms with E-state index in [1.807, 2.05) is 0 Å². The second-order valence-corrected chi connectivity index (χ2v) is 4.14. The van der Waals surface area contributed by atoms with Gasteiger partial charge in [-0.25, -0.2) is 0 Å².